The summed E-state index contributed by atoms with van der Waals surface area (Å²) in [6, 6.07) is 6.59. The Kier molecular flexibility index (Phi) is 4.94. The maximum absolute atomic E-state index is 12.8. The molecule has 0 amide bonds. The number of hydrogen-bond donors (Lipinski definition) is 1. The predicted octanol–water partition coefficient (Wildman–Crippen LogP) is 3.03. The van der Waals surface area contributed by atoms with Gasteiger partial charge in [0.1, 0.15) is 5.82 Å². The molecule has 0 aliphatic rings. The van der Waals surface area contributed by atoms with Crippen molar-refractivity contribution in [3.05, 3.63) is 30.1 Å². The fourth-order valence-corrected chi connectivity index (χ4v) is 2.21. The first-order valence-corrected chi connectivity index (χ1v) is 6.17. The molecule has 0 aliphatic carbocycles. The van der Waals surface area contributed by atoms with Crippen LogP contribution in [0.2, 0.25) is 0 Å². The van der Waals surface area contributed by atoms with Gasteiger partial charge in [-0.15, -0.1) is 0 Å². The lowest BCUT2D eigenvalue weighted by Crippen LogP contribution is -2.39. The maximum Gasteiger partial charge on any atom is 0.123 e. The van der Waals surface area contributed by atoms with Crippen LogP contribution in [-0.4, -0.2) is 20.1 Å². The molecule has 0 aliphatic heterocycles. The van der Waals surface area contributed by atoms with E-state index in [0.717, 1.165) is 25.1 Å². The largest absolute Gasteiger partial charge is 0.374 e. The van der Waals surface area contributed by atoms with E-state index in [2.05, 4.69) is 18.7 Å². The first-order valence-electron chi connectivity index (χ1n) is 6.17. The van der Waals surface area contributed by atoms with Crippen LogP contribution in [0.5, 0.6) is 0 Å². The summed E-state index contributed by atoms with van der Waals surface area (Å²) in [6.07, 6.45) is 2.24. The van der Waals surface area contributed by atoms with Crippen LogP contribution in [0.1, 0.15) is 26.7 Å². The summed E-state index contributed by atoms with van der Waals surface area (Å²) in [6.45, 7) is 5.94. The first-order chi connectivity index (χ1) is 8.00. The Morgan fingerprint density at radius 2 is 1.88 bits per heavy atom. The number of nitrogens with two attached hydrogens (primary N) is 1. The molecular formula is C14H23FN2. The van der Waals surface area contributed by atoms with Crippen LogP contribution in [-0.2, 0) is 0 Å². The van der Waals surface area contributed by atoms with Crippen molar-refractivity contribution < 1.29 is 4.39 Å². The summed E-state index contributed by atoms with van der Waals surface area (Å²) >= 11 is 0. The summed E-state index contributed by atoms with van der Waals surface area (Å²) in [5.41, 5.74) is 7.01. The highest BCUT2D eigenvalue weighted by atomic mass is 19.1. The van der Waals surface area contributed by atoms with Gasteiger partial charge in [-0.05, 0) is 42.6 Å². The lowest BCUT2D eigenvalue weighted by molar-refractivity contribution is 0.312. The molecule has 0 spiro atoms. The highest BCUT2D eigenvalue weighted by Gasteiger charge is 2.23. The van der Waals surface area contributed by atoms with Crippen molar-refractivity contribution in [3.8, 4) is 0 Å². The van der Waals surface area contributed by atoms with Crippen LogP contribution in [0.3, 0.4) is 0 Å². The van der Waals surface area contributed by atoms with Gasteiger partial charge in [0.05, 0.1) is 0 Å². The zero-order valence-corrected chi connectivity index (χ0v) is 11.0. The zero-order chi connectivity index (χ0) is 12.9. The average molecular weight is 238 g/mol. The molecule has 0 heterocycles. The zero-order valence-electron chi connectivity index (χ0n) is 11.0. The van der Waals surface area contributed by atoms with Crippen LogP contribution in [0.15, 0.2) is 24.3 Å². The minimum absolute atomic E-state index is 0.123. The molecule has 0 fully saturated rings. The third-order valence-electron chi connectivity index (χ3n) is 3.23. The molecule has 1 unspecified atom stereocenters. The van der Waals surface area contributed by atoms with Crippen LogP contribution >= 0.6 is 0 Å². The summed E-state index contributed by atoms with van der Waals surface area (Å²) in [4.78, 5) is 2.14. The van der Waals surface area contributed by atoms with Crippen molar-refractivity contribution in [2.45, 2.75) is 26.7 Å². The molecule has 17 heavy (non-hydrogen) atoms. The van der Waals surface area contributed by atoms with Crippen molar-refractivity contribution in [2.75, 3.05) is 25.0 Å². The number of nitrogens with zero attached hydrogens (tertiary/aromatic N) is 1. The van der Waals surface area contributed by atoms with Crippen molar-refractivity contribution in [1.29, 1.82) is 0 Å². The fourth-order valence-electron chi connectivity index (χ4n) is 2.21. The van der Waals surface area contributed by atoms with Crippen molar-refractivity contribution >= 4 is 5.69 Å². The van der Waals surface area contributed by atoms with Crippen molar-refractivity contribution in [3.63, 3.8) is 0 Å². The van der Waals surface area contributed by atoms with Crippen molar-refractivity contribution in [1.82, 2.24) is 0 Å². The van der Waals surface area contributed by atoms with Gasteiger partial charge in [0.15, 0.2) is 0 Å². The minimum atomic E-state index is -0.197. The minimum Gasteiger partial charge on any atom is -0.374 e. The summed E-state index contributed by atoms with van der Waals surface area (Å²) in [7, 11) is 2.02. The molecular weight excluding hydrogens is 215 g/mol. The van der Waals surface area contributed by atoms with E-state index in [1.54, 1.807) is 12.1 Å². The van der Waals surface area contributed by atoms with E-state index in [-0.39, 0.29) is 11.2 Å². The van der Waals surface area contributed by atoms with Crippen LogP contribution in [0.4, 0.5) is 10.1 Å². The second-order valence-corrected chi connectivity index (χ2v) is 5.10. The molecule has 0 saturated carbocycles. The number of rotatable bonds is 6. The third-order valence-corrected chi connectivity index (χ3v) is 3.23. The van der Waals surface area contributed by atoms with E-state index >= 15 is 0 Å². The standard InChI is InChI=1S/C14H23FN2/c1-4-9-14(2,10-16)11-17(3)13-7-5-12(15)6-8-13/h5-8H,4,9-11,16H2,1-3H3. The second-order valence-electron chi connectivity index (χ2n) is 5.10. The Bertz CT molecular complexity index is 337. The first kappa shape index (κ1) is 14.0. The lowest BCUT2D eigenvalue weighted by atomic mass is 9.85. The SMILES string of the molecule is CCCC(C)(CN)CN(C)c1ccc(F)cc1. The molecule has 0 saturated heterocycles. The van der Waals surface area contributed by atoms with Gasteiger partial charge in [-0.3, -0.25) is 0 Å². The molecule has 0 radical (unpaired) electrons. The Morgan fingerprint density at radius 1 is 1.29 bits per heavy atom. The highest BCUT2D eigenvalue weighted by molar-refractivity contribution is 5.45. The van der Waals surface area contributed by atoms with E-state index in [0.29, 0.717) is 6.54 Å². The predicted molar refractivity (Wildman–Crippen MR) is 71.7 cm³/mol. The van der Waals surface area contributed by atoms with Gasteiger partial charge in [-0.1, -0.05) is 20.3 Å². The van der Waals surface area contributed by atoms with E-state index in [1.165, 1.54) is 12.1 Å². The van der Waals surface area contributed by atoms with Crippen molar-refractivity contribution in [2.24, 2.45) is 11.1 Å². The van der Waals surface area contributed by atoms with Crippen LogP contribution in [0.25, 0.3) is 0 Å². The van der Waals surface area contributed by atoms with Gasteiger partial charge in [0.2, 0.25) is 0 Å². The summed E-state index contributed by atoms with van der Waals surface area (Å²) < 4.78 is 12.8. The quantitative estimate of drug-likeness (QED) is 0.825. The van der Waals surface area contributed by atoms with Gasteiger partial charge in [-0.2, -0.15) is 0 Å². The smallest absolute Gasteiger partial charge is 0.123 e. The molecule has 2 N–H and O–H groups in total. The van der Waals surface area contributed by atoms with E-state index in [9.17, 15) is 4.39 Å². The summed E-state index contributed by atoms with van der Waals surface area (Å²) in [5, 5.41) is 0. The van der Waals surface area contributed by atoms with Gasteiger partial charge in [-0.25, -0.2) is 4.39 Å². The van der Waals surface area contributed by atoms with Gasteiger partial charge in [0.25, 0.3) is 0 Å². The average Bonchev–Trinajstić information content (AvgIpc) is 2.30. The molecule has 1 aromatic carbocycles. The maximum atomic E-state index is 12.8. The third kappa shape index (κ3) is 4.00. The van der Waals surface area contributed by atoms with Gasteiger partial charge in [0, 0.05) is 19.3 Å². The summed E-state index contributed by atoms with van der Waals surface area (Å²) in [5.74, 6) is -0.197. The number of anilines is 1. The van der Waals surface area contributed by atoms with Crippen LogP contribution in [0, 0.1) is 11.2 Å². The van der Waals surface area contributed by atoms with Gasteiger partial charge >= 0.3 is 0 Å². The fraction of sp³-hybridized carbons (Fsp3) is 0.571. The topological polar surface area (TPSA) is 29.3 Å². The molecule has 0 bridgehead atoms. The van der Waals surface area contributed by atoms with E-state index in [1.807, 2.05) is 7.05 Å². The Morgan fingerprint density at radius 3 is 2.35 bits per heavy atom. The lowest BCUT2D eigenvalue weighted by Gasteiger charge is -2.33. The monoisotopic (exact) mass is 238 g/mol. The second kappa shape index (κ2) is 6.01. The Labute approximate surface area is 104 Å². The molecule has 2 nitrogen and oxygen atoms in total. The number of benzene rings is 1. The normalized spacial score (nSPS) is 14.4. The highest BCUT2D eigenvalue weighted by Crippen LogP contribution is 2.25. The molecule has 1 atom stereocenters. The molecule has 0 aromatic heterocycles. The van der Waals surface area contributed by atoms with E-state index < -0.39 is 0 Å². The molecule has 1 aromatic rings. The molecule has 96 valence electrons. The number of hydrogen-bond acceptors (Lipinski definition) is 2. The molecule has 1 rings (SSSR count). The van der Waals surface area contributed by atoms with E-state index in [4.69, 9.17) is 5.73 Å². The van der Waals surface area contributed by atoms with Gasteiger partial charge < -0.3 is 10.6 Å². The number of halogens is 1. The van der Waals surface area contributed by atoms with Crippen LogP contribution < -0.4 is 10.6 Å². The Hall–Kier alpha value is -1.09. The Balaban J connectivity index is 2.70. The molecule has 3 heteroatoms.